The number of hydrogen-bond acceptors (Lipinski definition) is 5. The van der Waals surface area contributed by atoms with E-state index in [0.717, 1.165) is 50.0 Å². The highest BCUT2D eigenvalue weighted by molar-refractivity contribution is 9.10. The fourth-order valence-electron chi connectivity index (χ4n) is 5.47. The summed E-state index contributed by atoms with van der Waals surface area (Å²) < 4.78 is 1.88. The molecule has 0 bridgehead atoms. The molecule has 5 rings (SSSR count). The number of carbonyl (C=O) groups is 1. The van der Waals surface area contributed by atoms with Crippen LogP contribution >= 0.6 is 27.5 Å². The molecule has 7 nitrogen and oxygen atoms in total. The lowest BCUT2D eigenvalue weighted by Crippen LogP contribution is -2.41. The predicted octanol–water partition coefficient (Wildman–Crippen LogP) is 4.21. The Morgan fingerprint density at radius 3 is 2.63 bits per heavy atom. The van der Waals surface area contributed by atoms with Crippen LogP contribution < -0.4 is 10.2 Å². The lowest BCUT2D eigenvalue weighted by molar-refractivity contribution is -0.904. The van der Waals surface area contributed by atoms with E-state index in [0.29, 0.717) is 36.9 Å². The average Bonchev–Trinajstić information content (AvgIpc) is 2.99. The number of piperidine rings is 1. The van der Waals surface area contributed by atoms with Gasteiger partial charge >= 0.3 is 0 Å². The Morgan fingerprint density at radius 2 is 1.91 bits per heavy atom. The van der Waals surface area contributed by atoms with E-state index in [1.54, 1.807) is 12.1 Å². The number of aromatic nitrogens is 2. The van der Waals surface area contributed by atoms with Crippen molar-refractivity contribution < 1.29 is 19.9 Å². The number of pyridine rings is 2. The Morgan fingerprint density at radius 1 is 1.17 bits per heavy atom. The Labute approximate surface area is 217 Å². The minimum Gasteiger partial charge on any atom is -0.342 e. The van der Waals surface area contributed by atoms with Crippen LogP contribution in [-0.4, -0.2) is 39.3 Å². The van der Waals surface area contributed by atoms with Crippen LogP contribution in [-0.2, 0) is 17.6 Å². The van der Waals surface area contributed by atoms with Crippen molar-refractivity contribution >= 4 is 33.4 Å². The normalized spacial score (nSPS) is 20.1. The van der Waals surface area contributed by atoms with Crippen molar-refractivity contribution in [2.24, 2.45) is 5.92 Å². The summed E-state index contributed by atoms with van der Waals surface area (Å²) in [6, 6.07) is 11.2. The first-order valence-electron chi connectivity index (χ1n) is 11.7. The first-order valence-corrected chi connectivity index (χ1v) is 12.9. The Hall–Kier alpha value is -2.52. The first kappa shape index (κ1) is 24.2. The molecule has 35 heavy (non-hydrogen) atoms. The van der Waals surface area contributed by atoms with E-state index in [4.69, 9.17) is 16.6 Å². The van der Waals surface area contributed by atoms with Gasteiger partial charge in [-0.25, -0.2) is 0 Å². The maximum atomic E-state index is 12.9. The number of amides is 1. The van der Waals surface area contributed by atoms with Crippen molar-refractivity contribution in [1.82, 2.24) is 15.4 Å². The topological polar surface area (TPSA) is 89.6 Å². The summed E-state index contributed by atoms with van der Waals surface area (Å²) >= 11 is 9.91. The van der Waals surface area contributed by atoms with Gasteiger partial charge in [-0.1, -0.05) is 17.7 Å². The summed E-state index contributed by atoms with van der Waals surface area (Å²) in [4.78, 5) is 19.7. The fraction of sp³-hybridized carbons (Fsp3) is 0.346. The highest BCUT2D eigenvalue weighted by atomic mass is 79.9. The molecule has 3 N–H and O–H groups in total. The zero-order valence-electron chi connectivity index (χ0n) is 19.1. The van der Waals surface area contributed by atoms with Gasteiger partial charge in [0.05, 0.1) is 18.2 Å². The number of rotatable bonds is 4. The minimum atomic E-state index is -0.284. The van der Waals surface area contributed by atoms with E-state index < -0.39 is 0 Å². The van der Waals surface area contributed by atoms with Gasteiger partial charge in [0.1, 0.15) is 0 Å². The standard InChI is InChI=1S/C26H27BrClN4O3/c27-19-12-18-13-23(30-34)22-14-20(28)1-2-21(22)25(26(18)29-15-19)17-5-7-31(8-6-17)24(33)11-16-3-9-32(35)10-4-16/h1-4,9-10,12,14-15,17,23,25,30,34-35H,5-8,11,13H2/q+1. The summed E-state index contributed by atoms with van der Waals surface area (Å²) in [5.74, 6) is 0.447. The summed E-state index contributed by atoms with van der Waals surface area (Å²) in [5, 5.41) is 20.0. The number of carbonyl (C=O) groups excluding carboxylic acids is 1. The molecule has 2 atom stereocenters. The second kappa shape index (κ2) is 10.2. The molecule has 9 heteroatoms. The quantitative estimate of drug-likeness (QED) is 0.254. The van der Waals surface area contributed by atoms with Crippen LogP contribution in [0.2, 0.25) is 5.02 Å². The molecule has 2 aliphatic rings. The van der Waals surface area contributed by atoms with Crippen molar-refractivity contribution in [2.75, 3.05) is 13.1 Å². The van der Waals surface area contributed by atoms with Gasteiger partial charge in [-0.15, -0.1) is 0 Å². The van der Waals surface area contributed by atoms with Gasteiger partial charge in [-0.05, 0) is 81.6 Å². The Bertz CT molecular complexity index is 1230. The third kappa shape index (κ3) is 5.07. The molecule has 2 unspecified atom stereocenters. The molecule has 182 valence electrons. The molecule has 3 aromatic rings. The Balaban J connectivity index is 1.40. The summed E-state index contributed by atoms with van der Waals surface area (Å²) in [6.07, 6.45) is 7.53. The molecule has 1 saturated heterocycles. The lowest BCUT2D eigenvalue weighted by Gasteiger charge is -2.37. The number of nitrogens with one attached hydrogen (secondary N) is 1. The number of fused-ring (bicyclic) bond motifs is 2. The minimum absolute atomic E-state index is 0.0510. The van der Waals surface area contributed by atoms with Crippen molar-refractivity contribution in [2.45, 2.75) is 37.6 Å². The van der Waals surface area contributed by atoms with Crippen molar-refractivity contribution in [3.05, 3.63) is 92.4 Å². The van der Waals surface area contributed by atoms with Gasteiger partial charge < -0.3 is 10.1 Å². The van der Waals surface area contributed by atoms with Gasteiger partial charge in [0.2, 0.25) is 18.3 Å². The van der Waals surface area contributed by atoms with Gasteiger partial charge in [-0.3, -0.25) is 15.0 Å². The third-order valence-corrected chi connectivity index (χ3v) is 7.87. The van der Waals surface area contributed by atoms with E-state index in [2.05, 4.69) is 33.5 Å². The SMILES string of the molecule is O=C(Cc1cc[n+](O)cc1)N1CCC(C2c3ccc(Cl)cc3C(NO)Cc3cc(Br)cnc32)CC1. The number of halogens is 2. The van der Waals surface area contributed by atoms with Crippen LogP contribution in [0, 0.1) is 5.92 Å². The van der Waals surface area contributed by atoms with Crippen molar-refractivity contribution in [3.8, 4) is 0 Å². The maximum absolute atomic E-state index is 12.9. The molecule has 0 saturated carbocycles. The van der Waals surface area contributed by atoms with Crippen LogP contribution in [0.25, 0.3) is 0 Å². The van der Waals surface area contributed by atoms with E-state index in [-0.39, 0.29) is 17.9 Å². The monoisotopic (exact) mass is 557 g/mol. The lowest BCUT2D eigenvalue weighted by atomic mass is 9.76. The zero-order valence-corrected chi connectivity index (χ0v) is 21.4. The van der Waals surface area contributed by atoms with Crippen LogP contribution in [0.3, 0.4) is 0 Å². The molecule has 1 aliphatic carbocycles. The smallest absolute Gasteiger partial charge is 0.226 e. The van der Waals surface area contributed by atoms with Crippen LogP contribution in [0.4, 0.5) is 0 Å². The van der Waals surface area contributed by atoms with Crippen LogP contribution in [0.15, 0.2) is 59.5 Å². The van der Waals surface area contributed by atoms with E-state index in [9.17, 15) is 15.2 Å². The highest BCUT2D eigenvalue weighted by Crippen LogP contribution is 2.45. The van der Waals surface area contributed by atoms with Gasteiger partial charge in [0.25, 0.3) is 0 Å². The molecular formula is C26H27BrClN4O3+. The molecule has 3 heterocycles. The van der Waals surface area contributed by atoms with Gasteiger partial charge in [-0.2, -0.15) is 5.48 Å². The second-order valence-corrected chi connectivity index (χ2v) is 10.7. The number of likely N-dealkylation sites (tertiary alicyclic amines) is 1. The number of hydrogen-bond donors (Lipinski definition) is 3. The molecule has 1 aromatic carbocycles. The molecule has 0 radical (unpaired) electrons. The second-order valence-electron chi connectivity index (χ2n) is 9.32. The van der Waals surface area contributed by atoms with Gasteiger partial charge in [0.15, 0.2) is 0 Å². The van der Waals surface area contributed by atoms with E-state index >= 15 is 0 Å². The van der Waals surface area contributed by atoms with E-state index in [1.165, 1.54) is 12.4 Å². The average molecular weight is 559 g/mol. The molecule has 0 spiro atoms. The van der Waals surface area contributed by atoms with Crippen molar-refractivity contribution in [3.63, 3.8) is 0 Å². The Kier molecular flexibility index (Phi) is 7.07. The molecule has 2 aromatic heterocycles. The molecule has 1 aliphatic heterocycles. The molecule has 1 fully saturated rings. The third-order valence-electron chi connectivity index (χ3n) is 7.20. The summed E-state index contributed by atoms with van der Waals surface area (Å²) in [6.45, 7) is 1.37. The summed E-state index contributed by atoms with van der Waals surface area (Å²) in [5.41, 5.74) is 7.60. The van der Waals surface area contributed by atoms with Crippen LogP contribution in [0.1, 0.15) is 52.7 Å². The fourth-order valence-corrected chi connectivity index (χ4v) is 6.03. The molecule has 1 amide bonds. The van der Waals surface area contributed by atoms with E-state index in [1.807, 2.05) is 23.2 Å². The van der Waals surface area contributed by atoms with Crippen molar-refractivity contribution in [1.29, 1.82) is 0 Å². The maximum Gasteiger partial charge on any atom is 0.226 e. The predicted molar refractivity (Wildman–Crippen MR) is 133 cm³/mol. The zero-order chi connectivity index (χ0) is 24.5. The van der Waals surface area contributed by atoms with Crippen LogP contribution in [0.5, 0.6) is 0 Å². The van der Waals surface area contributed by atoms with Gasteiger partial charge in [0, 0.05) is 51.6 Å². The largest absolute Gasteiger partial charge is 0.342 e. The number of nitrogens with zero attached hydrogens (tertiary/aromatic N) is 3. The summed E-state index contributed by atoms with van der Waals surface area (Å²) in [7, 11) is 0. The highest BCUT2D eigenvalue weighted by Gasteiger charge is 2.37. The molecular weight excluding hydrogens is 532 g/mol. The first-order chi connectivity index (χ1) is 16.9. The number of benzene rings is 1. The number of hydroxylamine groups is 1.